The summed E-state index contributed by atoms with van der Waals surface area (Å²) < 4.78 is 12.1. The van der Waals surface area contributed by atoms with Gasteiger partial charge in [-0.25, -0.2) is 10.6 Å². The molecule has 0 saturated heterocycles. The summed E-state index contributed by atoms with van der Waals surface area (Å²) in [6.07, 6.45) is 0. The van der Waals surface area contributed by atoms with E-state index in [9.17, 15) is 4.21 Å². The van der Waals surface area contributed by atoms with E-state index in [2.05, 4.69) is 10.6 Å². The molecule has 3 heteroatoms. The van der Waals surface area contributed by atoms with Gasteiger partial charge in [-0.05, 0) is 7.05 Å². The Morgan fingerprint density at radius 1 is 2.00 bits per heavy atom. The lowest BCUT2D eigenvalue weighted by Gasteiger charge is -1.89. The van der Waals surface area contributed by atoms with Gasteiger partial charge in [0.15, 0.2) is 0 Å². The van der Waals surface area contributed by atoms with Crippen LogP contribution in [0.5, 0.6) is 0 Å². The molecule has 0 aromatic carbocycles. The molecule has 0 aliphatic carbocycles. The minimum atomic E-state index is -1.07. The van der Waals surface area contributed by atoms with Crippen LogP contribution in [-0.4, -0.2) is 12.9 Å². The predicted octanol–water partition coefficient (Wildman–Crippen LogP) is -0.483. The third kappa shape index (κ3) is 3.98. The van der Waals surface area contributed by atoms with Crippen molar-refractivity contribution in [2.45, 2.75) is 0 Å². The predicted molar refractivity (Wildman–Crippen MR) is 24.2 cm³/mol. The van der Waals surface area contributed by atoms with Crippen molar-refractivity contribution < 1.29 is 4.21 Å². The van der Waals surface area contributed by atoms with Gasteiger partial charge in [-0.1, -0.05) is 0 Å². The summed E-state index contributed by atoms with van der Waals surface area (Å²) in [5, 5.41) is 0. The minimum Gasteiger partial charge on any atom is -0.448 e. The van der Waals surface area contributed by atoms with Crippen molar-refractivity contribution in [3.05, 3.63) is 0 Å². The number of nitrogens with one attached hydrogen (secondary N) is 1. The maximum atomic E-state index is 9.70. The summed E-state index contributed by atoms with van der Waals surface area (Å²) in [7, 11) is 0.514. The normalized spacial score (nSPS) is 9.20. The minimum absolute atomic E-state index is 1.07. The molecular formula is C2H6NOS-. The first-order valence-electron chi connectivity index (χ1n) is 1.16. The van der Waals surface area contributed by atoms with E-state index in [4.69, 9.17) is 0 Å². The number of rotatable bonds is 1. The fraction of sp³-hybridized carbons (Fsp3) is 0.500. The van der Waals surface area contributed by atoms with Gasteiger partial charge >= 0.3 is 0 Å². The van der Waals surface area contributed by atoms with Gasteiger partial charge in [0.25, 0.3) is 0 Å². The van der Waals surface area contributed by atoms with Crippen molar-refractivity contribution in [3.63, 3.8) is 0 Å². The Bertz CT molecular complexity index is 67.7. The first-order valence-corrected chi connectivity index (χ1v) is 2.48. The molecule has 0 fully saturated rings. The van der Waals surface area contributed by atoms with E-state index in [0.717, 1.165) is 0 Å². The lowest BCUT2D eigenvalue weighted by atomic mass is 11.6. The van der Waals surface area contributed by atoms with Gasteiger partial charge in [0, 0.05) is 0 Å². The zero-order valence-corrected chi connectivity index (χ0v) is 3.84. The molecule has 0 atom stereocenters. The Hall–Kier alpha value is -0.0200. The Labute approximate surface area is 33.4 Å². The third-order valence-corrected chi connectivity index (χ3v) is 0.683. The van der Waals surface area contributed by atoms with Crippen LogP contribution in [0.4, 0.5) is 0 Å². The van der Waals surface area contributed by atoms with E-state index in [1.165, 1.54) is 0 Å². The smallest absolute Gasteiger partial charge is 0.0335 e. The van der Waals surface area contributed by atoms with E-state index in [0.29, 0.717) is 0 Å². The molecule has 0 aromatic heterocycles. The monoisotopic (exact) mass is 92.0 g/mol. The van der Waals surface area contributed by atoms with Crippen LogP contribution in [0.3, 0.4) is 0 Å². The lowest BCUT2D eigenvalue weighted by molar-refractivity contribution is 0.600. The SMILES string of the molecule is C=[S-](=O)NC. The first-order chi connectivity index (χ1) is 2.27. The van der Waals surface area contributed by atoms with Gasteiger partial charge in [-0.3, -0.25) is 0 Å². The molecule has 0 aliphatic heterocycles. The fourth-order valence-electron chi connectivity index (χ4n) is 0. The van der Waals surface area contributed by atoms with Crippen LogP contribution in [0.1, 0.15) is 0 Å². The Balaban J connectivity index is 3.23. The summed E-state index contributed by atoms with van der Waals surface area (Å²) in [4.78, 5) is 0. The molecule has 0 aliphatic rings. The van der Waals surface area contributed by atoms with Crippen molar-refractivity contribution in [3.8, 4) is 0 Å². The summed E-state index contributed by atoms with van der Waals surface area (Å²) >= 11 is 0. The Morgan fingerprint density at radius 3 is 2.20 bits per heavy atom. The molecule has 0 rings (SSSR count). The van der Waals surface area contributed by atoms with Crippen LogP contribution >= 0.6 is 0 Å². The number of hydrogen-bond acceptors (Lipinski definition) is 2. The van der Waals surface area contributed by atoms with Gasteiger partial charge in [-0.2, -0.15) is 5.87 Å². The molecule has 5 heavy (non-hydrogen) atoms. The molecule has 2 nitrogen and oxygen atoms in total. The Morgan fingerprint density at radius 2 is 2.20 bits per heavy atom. The largest absolute Gasteiger partial charge is 0.448 e. The molecule has 32 valence electrons. The average Bonchev–Trinajstić information content (AvgIpc) is 1.38. The second-order valence-electron chi connectivity index (χ2n) is 0.550. The molecule has 0 aromatic rings. The van der Waals surface area contributed by atoms with Crippen LogP contribution in [0, 0.1) is 0 Å². The maximum Gasteiger partial charge on any atom is -0.0335 e. The average molecular weight is 92.1 g/mol. The highest BCUT2D eigenvalue weighted by Crippen LogP contribution is 1.35. The van der Waals surface area contributed by atoms with Crippen molar-refractivity contribution in [2.24, 2.45) is 0 Å². The summed E-state index contributed by atoms with van der Waals surface area (Å²) in [6, 6.07) is 0. The lowest BCUT2D eigenvalue weighted by Crippen LogP contribution is -1.98. The van der Waals surface area contributed by atoms with Crippen LogP contribution in [0.15, 0.2) is 0 Å². The molecular weight excluding hydrogens is 86.1 g/mol. The van der Waals surface area contributed by atoms with Gasteiger partial charge in [0.05, 0.1) is 0 Å². The molecule has 0 spiro atoms. The molecule has 0 bridgehead atoms. The molecule has 0 heterocycles. The zero-order valence-electron chi connectivity index (χ0n) is 3.02. The molecule has 0 amide bonds. The van der Waals surface area contributed by atoms with Crippen LogP contribution in [0.2, 0.25) is 0 Å². The molecule has 1 N–H and O–H groups in total. The molecule has 0 saturated carbocycles. The van der Waals surface area contributed by atoms with Gasteiger partial charge in [-0.15, -0.1) is 0 Å². The van der Waals surface area contributed by atoms with Crippen molar-refractivity contribution in [1.82, 2.24) is 4.72 Å². The summed E-state index contributed by atoms with van der Waals surface area (Å²) in [5.41, 5.74) is 0. The Kier molecular flexibility index (Phi) is 2.22. The summed E-state index contributed by atoms with van der Waals surface area (Å²) in [6.45, 7) is 0. The van der Waals surface area contributed by atoms with E-state index in [1.54, 1.807) is 7.05 Å². The highest BCUT2D eigenvalue weighted by atomic mass is 32.2. The first kappa shape index (κ1) is 4.98. The molecule has 0 unspecified atom stereocenters. The highest BCUT2D eigenvalue weighted by molar-refractivity contribution is 7.80. The second-order valence-corrected chi connectivity index (χ2v) is 1.65. The van der Waals surface area contributed by atoms with Gasteiger partial charge < -0.3 is 8.93 Å². The van der Waals surface area contributed by atoms with Gasteiger partial charge in [0.1, 0.15) is 0 Å². The van der Waals surface area contributed by atoms with Crippen molar-refractivity contribution in [2.75, 3.05) is 7.05 Å². The van der Waals surface area contributed by atoms with Gasteiger partial charge in [0.2, 0.25) is 0 Å². The highest BCUT2D eigenvalue weighted by Gasteiger charge is 1.36. The zero-order chi connectivity index (χ0) is 4.28. The topological polar surface area (TPSA) is 29.1 Å². The maximum absolute atomic E-state index is 9.70. The fourth-order valence-corrected chi connectivity index (χ4v) is 0. The van der Waals surface area contributed by atoms with E-state index >= 15 is 0 Å². The van der Waals surface area contributed by atoms with Crippen molar-refractivity contribution >= 4 is 16.4 Å². The van der Waals surface area contributed by atoms with E-state index in [1.807, 2.05) is 0 Å². The summed E-state index contributed by atoms with van der Waals surface area (Å²) in [5.74, 6) is 3.12. The van der Waals surface area contributed by atoms with Crippen LogP contribution in [-0.2, 0) is 14.8 Å². The van der Waals surface area contributed by atoms with E-state index in [-0.39, 0.29) is 0 Å². The van der Waals surface area contributed by atoms with Crippen LogP contribution < -0.4 is 4.72 Å². The standard InChI is InChI=1S/C2H6NOS/c1-3-5(2)4/h2H2,1H3,(H,3,4)/q-1. The second kappa shape index (κ2) is 2.23. The third-order valence-electron chi connectivity index (χ3n) is 0.228. The van der Waals surface area contributed by atoms with E-state index < -0.39 is 10.6 Å². The quantitative estimate of drug-likeness (QED) is 0.343. The van der Waals surface area contributed by atoms with Crippen molar-refractivity contribution in [1.29, 1.82) is 0 Å². The van der Waals surface area contributed by atoms with Crippen LogP contribution in [0.25, 0.3) is 0 Å². The molecule has 0 radical (unpaired) electrons. The number of hydrogen-bond donors (Lipinski definition) is 1.